The van der Waals surface area contributed by atoms with Crippen LogP contribution in [0.15, 0.2) is 66.4 Å². The van der Waals surface area contributed by atoms with Gasteiger partial charge in [0.1, 0.15) is 0 Å². The topological polar surface area (TPSA) is 40.5 Å². The largest absolute Gasteiger partial charge is 0.388 e. The van der Waals surface area contributed by atoms with E-state index < -0.39 is 6.10 Å². The first-order chi connectivity index (χ1) is 12.4. The number of carbonyl (C=O) groups is 1. The van der Waals surface area contributed by atoms with Crippen LogP contribution in [0.1, 0.15) is 31.1 Å². The minimum atomic E-state index is -0.545. The number of hydrogen-bond acceptors (Lipinski definition) is 4. The fourth-order valence-corrected chi connectivity index (χ4v) is 4.31. The Morgan fingerprint density at radius 1 is 1.15 bits per heavy atom. The summed E-state index contributed by atoms with van der Waals surface area (Å²) >= 11 is 1.47. The van der Waals surface area contributed by atoms with Gasteiger partial charge in [-0.25, -0.2) is 0 Å². The molecule has 1 atom stereocenters. The lowest BCUT2D eigenvalue weighted by molar-refractivity contribution is -0.112. The Hall–Kier alpha value is -2.04. The molecule has 26 heavy (non-hydrogen) atoms. The number of nitrogens with zero attached hydrogens (tertiary/aromatic N) is 1. The Morgan fingerprint density at radius 3 is 2.50 bits per heavy atom. The second-order valence-corrected chi connectivity index (χ2v) is 8.17. The zero-order valence-electron chi connectivity index (χ0n) is 15.5. The van der Waals surface area contributed by atoms with Crippen molar-refractivity contribution in [3.63, 3.8) is 0 Å². The third-order valence-corrected chi connectivity index (χ3v) is 5.98. The third kappa shape index (κ3) is 3.71. The number of likely N-dealkylation sites (N-methyl/N-ethyl adjacent to an activating group) is 1. The standard InChI is InChI=1S/C22H25NO2S/c1-22(2)18-11-7-8-12-19(18)23(3)21(22)13-17(24)14-26-15-20(25)16-9-5-4-6-10-16/h4-13,20,25H,14-15H2,1-3H3/b21-13+/t20-/m0/s1. The number of carbonyl (C=O) groups excluding carboxylic acids is 1. The van der Waals surface area contributed by atoms with Gasteiger partial charge in [0.2, 0.25) is 0 Å². The van der Waals surface area contributed by atoms with E-state index in [-0.39, 0.29) is 11.2 Å². The molecular formula is C22H25NO2S. The normalized spacial score (nSPS) is 18.0. The van der Waals surface area contributed by atoms with Gasteiger partial charge in [0.25, 0.3) is 0 Å². The number of hydrogen-bond donors (Lipinski definition) is 1. The van der Waals surface area contributed by atoms with Crippen molar-refractivity contribution < 1.29 is 9.90 Å². The second kappa shape index (κ2) is 7.68. The summed E-state index contributed by atoms with van der Waals surface area (Å²) in [6.45, 7) is 4.31. The summed E-state index contributed by atoms with van der Waals surface area (Å²) in [7, 11) is 2.01. The fourth-order valence-electron chi connectivity index (χ4n) is 3.50. The van der Waals surface area contributed by atoms with Crippen LogP contribution in [0.2, 0.25) is 0 Å². The number of aliphatic hydroxyl groups is 1. The van der Waals surface area contributed by atoms with E-state index in [2.05, 4.69) is 30.9 Å². The van der Waals surface area contributed by atoms with Gasteiger partial charge < -0.3 is 10.0 Å². The lowest BCUT2D eigenvalue weighted by Gasteiger charge is -2.24. The Kier molecular flexibility index (Phi) is 5.54. The van der Waals surface area contributed by atoms with Crippen LogP contribution < -0.4 is 4.90 Å². The molecule has 1 heterocycles. The second-order valence-electron chi connectivity index (χ2n) is 7.14. The van der Waals surface area contributed by atoms with Crippen molar-refractivity contribution in [1.82, 2.24) is 0 Å². The number of aliphatic hydroxyl groups excluding tert-OH is 1. The van der Waals surface area contributed by atoms with Gasteiger partial charge in [-0.1, -0.05) is 62.4 Å². The fraction of sp³-hybridized carbons (Fsp3) is 0.318. The van der Waals surface area contributed by atoms with Crippen LogP contribution in [0, 0.1) is 0 Å². The van der Waals surface area contributed by atoms with Crippen molar-refractivity contribution in [1.29, 1.82) is 0 Å². The zero-order valence-corrected chi connectivity index (χ0v) is 16.3. The van der Waals surface area contributed by atoms with Crippen molar-refractivity contribution in [2.24, 2.45) is 0 Å². The van der Waals surface area contributed by atoms with Gasteiger partial charge in [-0.05, 0) is 17.2 Å². The summed E-state index contributed by atoms with van der Waals surface area (Å²) < 4.78 is 0. The summed E-state index contributed by atoms with van der Waals surface area (Å²) in [6, 6.07) is 17.8. The minimum absolute atomic E-state index is 0.0815. The highest BCUT2D eigenvalue weighted by molar-refractivity contribution is 8.00. The van der Waals surface area contributed by atoms with E-state index in [4.69, 9.17) is 0 Å². The molecule has 2 aromatic rings. The van der Waals surface area contributed by atoms with Crippen molar-refractivity contribution in [3.8, 4) is 0 Å². The first-order valence-electron chi connectivity index (χ1n) is 8.80. The van der Waals surface area contributed by atoms with Crippen LogP contribution in [0.25, 0.3) is 0 Å². The van der Waals surface area contributed by atoms with Gasteiger partial charge in [0, 0.05) is 35.7 Å². The molecule has 4 heteroatoms. The maximum Gasteiger partial charge on any atom is 0.167 e. The maximum atomic E-state index is 12.5. The molecule has 0 saturated heterocycles. The smallest absolute Gasteiger partial charge is 0.167 e. The molecule has 0 aliphatic carbocycles. The van der Waals surface area contributed by atoms with Crippen molar-refractivity contribution in [2.45, 2.75) is 25.4 Å². The molecule has 0 radical (unpaired) electrons. The van der Waals surface area contributed by atoms with E-state index in [1.54, 1.807) is 6.08 Å². The van der Waals surface area contributed by atoms with Gasteiger partial charge in [-0.15, -0.1) is 0 Å². The number of thioether (sulfide) groups is 1. The highest BCUT2D eigenvalue weighted by Gasteiger charge is 2.38. The summed E-state index contributed by atoms with van der Waals surface area (Å²) in [5.41, 5.74) is 4.12. The first kappa shape index (κ1) is 18.7. The van der Waals surface area contributed by atoms with Crippen LogP contribution >= 0.6 is 11.8 Å². The van der Waals surface area contributed by atoms with Crippen LogP contribution in [0.4, 0.5) is 5.69 Å². The average molecular weight is 368 g/mol. The van der Waals surface area contributed by atoms with Crippen LogP contribution in [0.3, 0.4) is 0 Å². The number of anilines is 1. The lowest BCUT2D eigenvalue weighted by Crippen LogP contribution is -2.24. The number of benzene rings is 2. The summed E-state index contributed by atoms with van der Waals surface area (Å²) in [6.07, 6.45) is 1.22. The average Bonchev–Trinajstić information content (AvgIpc) is 2.83. The van der Waals surface area contributed by atoms with Crippen LogP contribution in [-0.4, -0.2) is 29.4 Å². The molecule has 1 aliphatic heterocycles. The molecule has 1 aliphatic rings. The van der Waals surface area contributed by atoms with E-state index in [0.29, 0.717) is 11.5 Å². The molecule has 0 saturated carbocycles. The van der Waals surface area contributed by atoms with Gasteiger partial charge in [-0.2, -0.15) is 11.8 Å². The molecule has 0 bridgehead atoms. The van der Waals surface area contributed by atoms with Crippen LogP contribution in [0.5, 0.6) is 0 Å². The Balaban J connectivity index is 1.63. The molecule has 3 rings (SSSR count). The maximum absolute atomic E-state index is 12.5. The van der Waals surface area contributed by atoms with Gasteiger partial charge in [-0.3, -0.25) is 4.79 Å². The molecule has 0 unspecified atom stereocenters. The minimum Gasteiger partial charge on any atom is -0.388 e. The highest BCUT2D eigenvalue weighted by Crippen LogP contribution is 2.46. The van der Waals surface area contributed by atoms with Crippen molar-refractivity contribution in [2.75, 3.05) is 23.5 Å². The van der Waals surface area contributed by atoms with E-state index in [0.717, 1.165) is 16.9 Å². The molecule has 3 nitrogen and oxygen atoms in total. The molecule has 0 amide bonds. The summed E-state index contributed by atoms with van der Waals surface area (Å²) in [4.78, 5) is 14.6. The molecule has 2 aromatic carbocycles. The molecule has 136 valence electrons. The molecule has 0 fully saturated rings. The Labute approximate surface area is 159 Å². The highest BCUT2D eigenvalue weighted by atomic mass is 32.2. The number of fused-ring (bicyclic) bond motifs is 1. The lowest BCUT2D eigenvalue weighted by atomic mass is 9.83. The van der Waals surface area contributed by atoms with Crippen molar-refractivity contribution >= 4 is 23.2 Å². The molecule has 0 aromatic heterocycles. The Morgan fingerprint density at radius 2 is 1.81 bits per heavy atom. The van der Waals surface area contributed by atoms with Gasteiger partial charge in [0.05, 0.1) is 11.9 Å². The molecule has 0 spiro atoms. The molecular weight excluding hydrogens is 342 g/mol. The van der Waals surface area contributed by atoms with Gasteiger partial charge in [0.15, 0.2) is 5.78 Å². The zero-order chi connectivity index (χ0) is 18.7. The Bertz CT molecular complexity index is 814. The summed E-state index contributed by atoms with van der Waals surface area (Å²) in [5, 5.41) is 10.2. The van der Waals surface area contributed by atoms with E-state index >= 15 is 0 Å². The monoisotopic (exact) mass is 367 g/mol. The van der Waals surface area contributed by atoms with Crippen molar-refractivity contribution in [3.05, 3.63) is 77.5 Å². The predicted octanol–water partition coefficient (Wildman–Crippen LogP) is 4.33. The first-order valence-corrected chi connectivity index (χ1v) is 9.95. The number of para-hydroxylation sites is 1. The summed E-state index contributed by atoms with van der Waals surface area (Å²) in [5.74, 6) is 0.962. The number of rotatable bonds is 6. The number of allylic oxidation sites excluding steroid dienone is 2. The SMILES string of the molecule is CN1/C(=C/C(=O)CSC[C@H](O)c2ccccc2)C(C)(C)c2ccccc21. The third-order valence-electron chi connectivity index (χ3n) is 4.94. The number of ketones is 1. The molecule has 1 N–H and O–H groups in total. The quantitative estimate of drug-likeness (QED) is 0.772. The predicted molar refractivity (Wildman–Crippen MR) is 110 cm³/mol. The van der Waals surface area contributed by atoms with Gasteiger partial charge >= 0.3 is 0 Å². The van der Waals surface area contributed by atoms with E-state index in [9.17, 15) is 9.90 Å². The van der Waals surface area contributed by atoms with E-state index in [1.807, 2.05) is 49.5 Å². The van der Waals surface area contributed by atoms with E-state index in [1.165, 1.54) is 17.3 Å². The van der Waals surface area contributed by atoms with Crippen LogP contribution in [-0.2, 0) is 10.2 Å².